The summed E-state index contributed by atoms with van der Waals surface area (Å²) in [5.41, 5.74) is 0. The predicted molar refractivity (Wildman–Crippen MR) is 62.6 cm³/mol. The maximum absolute atomic E-state index is 9.99. The number of aliphatic hydroxyl groups is 2. The van der Waals surface area contributed by atoms with Crippen molar-refractivity contribution in [3.63, 3.8) is 0 Å². The van der Waals surface area contributed by atoms with Crippen molar-refractivity contribution < 1.29 is 10.2 Å². The Morgan fingerprint density at radius 2 is 1.87 bits per heavy atom. The molecule has 1 rings (SSSR count). The lowest BCUT2D eigenvalue weighted by Gasteiger charge is -2.28. The Morgan fingerprint density at radius 3 is 2.40 bits per heavy atom. The Bertz CT molecular complexity index is 185. The topological polar surface area (TPSA) is 40.5 Å². The lowest BCUT2D eigenvalue weighted by atomic mass is 9.82. The third-order valence-corrected chi connectivity index (χ3v) is 3.66. The third kappa shape index (κ3) is 3.96. The van der Waals surface area contributed by atoms with E-state index < -0.39 is 6.10 Å². The Hall–Kier alpha value is -0.340. The minimum absolute atomic E-state index is 0.0724. The van der Waals surface area contributed by atoms with Gasteiger partial charge in [-0.1, -0.05) is 32.3 Å². The van der Waals surface area contributed by atoms with Gasteiger partial charge in [-0.2, -0.15) is 0 Å². The molecule has 0 heterocycles. The van der Waals surface area contributed by atoms with E-state index in [-0.39, 0.29) is 12.0 Å². The van der Waals surface area contributed by atoms with Crippen LogP contribution in [0.3, 0.4) is 0 Å². The lowest BCUT2D eigenvalue weighted by Crippen LogP contribution is -2.29. The highest BCUT2D eigenvalue weighted by Gasteiger charge is 2.25. The highest BCUT2D eigenvalue weighted by Crippen LogP contribution is 2.29. The molecule has 1 aliphatic rings. The van der Waals surface area contributed by atoms with Crippen molar-refractivity contribution in [2.45, 2.75) is 57.7 Å². The van der Waals surface area contributed by atoms with Crippen molar-refractivity contribution in [2.24, 2.45) is 11.8 Å². The lowest BCUT2D eigenvalue weighted by molar-refractivity contribution is 0.0192. The van der Waals surface area contributed by atoms with E-state index in [1.165, 1.54) is 19.3 Å². The second kappa shape index (κ2) is 6.29. The summed E-state index contributed by atoms with van der Waals surface area (Å²) in [6.07, 6.45) is 7.48. The number of hydrogen-bond donors (Lipinski definition) is 2. The Balaban J connectivity index is 2.32. The van der Waals surface area contributed by atoms with Crippen molar-refractivity contribution in [2.75, 3.05) is 0 Å². The van der Waals surface area contributed by atoms with Crippen LogP contribution in [0, 0.1) is 11.8 Å². The molecule has 0 aromatic carbocycles. The summed E-state index contributed by atoms with van der Waals surface area (Å²) in [4.78, 5) is 0. The second-order valence-corrected chi connectivity index (χ2v) is 4.86. The van der Waals surface area contributed by atoms with Gasteiger partial charge in [-0.25, -0.2) is 0 Å². The highest BCUT2D eigenvalue weighted by atomic mass is 16.3. The van der Waals surface area contributed by atoms with Gasteiger partial charge in [0.15, 0.2) is 0 Å². The molecule has 0 aromatic rings. The second-order valence-electron chi connectivity index (χ2n) is 4.86. The van der Waals surface area contributed by atoms with Gasteiger partial charge < -0.3 is 10.2 Å². The molecule has 1 saturated carbocycles. The standard InChI is InChI=1S/C13H24O2/c1-3-10(2)12(14)9-13(15)11-7-5-4-6-8-11/h3,10-15H,1,4-9H2,2H3/t10-,12-,13?/m1/s1. The van der Waals surface area contributed by atoms with E-state index in [9.17, 15) is 10.2 Å². The maximum Gasteiger partial charge on any atom is 0.0624 e. The quantitative estimate of drug-likeness (QED) is 0.687. The fourth-order valence-corrected chi connectivity index (χ4v) is 2.33. The molecule has 0 saturated heterocycles. The zero-order valence-corrected chi connectivity index (χ0v) is 9.73. The van der Waals surface area contributed by atoms with E-state index in [2.05, 4.69) is 6.58 Å². The van der Waals surface area contributed by atoms with Gasteiger partial charge in [-0.05, 0) is 24.7 Å². The minimum atomic E-state index is -0.445. The van der Waals surface area contributed by atoms with Crippen LogP contribution in [0.15, 0.2) is 12.7 Å². The average molecular weight is 212 g/mol. The fourth-order valence-electron chi connectivity index (χ4n) is 2.33. The third-order valence-electron chi connectivity index (χ3n) is 3.66. The number of hydrogen-bond acceptors (Lipinski definition) is 2. The monoisotopic (exact) mass is 212 g/mol. The van der Waals surface area contributed by atoms with E-state index in [0.717, 1.165) is 12.8 Å². The van der Waals surface area contributed by atoms with Crippen LogP contribution in [0.5, 0.6) is 0 Å². The van der Waals surface area contributed by atoms with Crippen molar-refractivity contribution in [1.29, 1.82) is 0 Å². The van der Waals surface area contributed by atoms with Crippen LogP contribution >= 0.6 is 0 Å². The largest absolute Gasteiger partial charge is 0.393 e. The van der Waals surface area contributed by atoms with Crippen LogP contribution in [0.2, 0.25) is 0 Å². The summed E-state index contributed by atoms with van der Waals surface area (Å²) < 4.78 is 0. The summed E-state index contributed by atoms with van der Waals surface area (Å²) in [7, 11) is 0. The van der Waals surface area contributed by atoms with Gasteiger partial charge in [0, 0.05) is 6.42 Å². The Morgan fingerprint density at radius 1 is 1.27 bits per heavy atom. The van der Waals surface area contributed by atoms with Gasteiger partial charge in [0.2, 0.25) is 0 Å². The zero-order valence-electron chi connectivity index (χ0n) is 9.73. The van der Waals surface area contributed by atoms with Crippen molar-refractivity contribution in [3.05, 3.63) is 12.7 Å². The van der Waals surface area contributed by atoms with Crippen LogP contribution in [-0.2, 0) is 0 Å². The van der Waals surface area contributed by atoms with E-state index in [1.54, 1.807) is 6.08 Å². The molecule has 3 atom stereocenters. The van der Waals surface area contributed by atoms with Crippen LogP contribution in [0.4, 0.5) is 0 Å². The van der Waals surface area contributed by atoms with E-state index in [4.69, 9.17) is 0 Å². The summed E-state index contributed by atoms with van der Waals surface area (Å²) in [5, 5.41) is 19.8. The molecular formula is C13H24O2. The predicted octanol–water partition coefficient (Wildman–Crippen LogP) is 2.50. The van der Waals surface area contributed by atoms with Gasteiger partial charge in [-0.15, -0.1) is 6.58 Å². The molecule has 2 N–H and O–H groups in total. The molecule has 0 aromatic heterocycles. The van der Waals surface area contributed by atoms with Crippen molar-refractivity contribution in [3.8, 4) is 0 Å². The molecule has 88 valence electrons. The molecule has 2 nitrogen and oxygen atoms in total. The first-order valence-electron chi connectivity index (χ1n) is 6.13. The van der Waals surface area contributed by atoms with Gasteiger partial charge in [0.25, 0.3) is 0 Å². The molecule has 0 aliphatic heterocycles. The molecule has 0 amide bonds. The molecule has 0 radical (unpaired) electrons. The van der Waals surface area contributed by atoms with Crippen LogP contribution in [0.25, 0.3) is 0 Å². The van der Waals surface area contributed by atoms with Crippen molar-refractivity contribution >= 4 is 0 Å². The first-order valence-corrected chi connectivity index (χ1v) is 6.13. The maximum atomic E-state index is 9.99. The van der Waals surface area contributed by atoms with E-state index in [0.29, 0.717) is 12.3 Å². The summed E-state index contributed by atoms with van der Waals surface area (Å²) in [6, 6.07) is 0. The normalized spacial score (nSPS) is 24.5. The number of aliphatic hydroxyl groups excluding tert-OH is 2. The SMILES string of the molecule is C=C[C@@H](C)[C@H](O)CC(O)C1CCCCC1. The Labute approximate surface area is 93.0 Å². The van der Waals surface area contributed by atoms with Gasteiger partial charge in [-0.3, -0.25) is 0 Å². The smallest absolute Gasteiger partial charge is 0.0624 e. The summed E-state index contributed by atoms with van der Waals surface area (Å²) in [6.45, 7) is 5.60. The molecule has 1 unspecified atom stereocenters. The van der Waals surface area contributed by atoms with Gasteiger partial charge in [0.05, 0.1) is 12.2 Å². The van der Waals surface area contributed by atoms with E-state index in [1.807, 2.05) is 6.92 Å². The highest BCUT2D eigenvalue weighted by molar-refractivity contribution is 4.84. The molecule has 1 aliphatic carbocycles. The molecule has 0 spiro atoms. The zero-order chi connectivity index (χ0) is 11.3. The first kappa shape index (κ1) is 12.7. The molecule has 0 bridgehead atoms. The fraction of sp³-hybridized carbons (Fsp3) is 0.846. The van der Waals surface area contributed by atoms with Crippen LogP contribution in [-0.4, -0.2) is 22.4 Å². The van der Waals surface area contributed by atoms with Gasteiger partial charge in [0.1, 0.15) is 0 Å². The van der Waals surface area contributed by atoms with Crippen molar-refractivity contribution in [1.82, 2.24) is 0 Å². The Kier molecular flexibility index (Phi) is 5.34. The molecule has 15 heavy (non-hydrogen) atoms. The average Bonchev–Trinajstić information content (AvgIpc) is 2.29. The van der Waals surface area contributed by atoms with E-state index >= 15 is 0 Å². The van der Waals surface area contributed by atoms with Gasteiger partial charge >= 0.3 is 0 Å². The minimum Gasteiger partial charge on any atom is -0.393 e. The summed E-state index contributed by atoms with van der Waals surface area (Å²) >= 11 is 0. The summed E-state index contributed by atoms with van der Waals surface area (Å²) in [5.74, 6) is 0.480. The van der Waals surface area contributed by atoms with Crippen LogP contribution in [0.1, 0.15) is 45.4 Å². The van der Waals surface area contributed by atoms with Crippen LogP contribution < -0.4 is 0 Å². The molecule has 1 fully saturated rings. The molecule has 2 heteroatoms. The molecular weight excluding hydrogens is 188 g/mol. The number of rotatable bonds is 5. The first-order chi connectivity index (χ1) is 7.15.